The van der Waals surface area contributed by atoms with E-state index in [0.29, 0.717) is 0 Å². The average Bonchev–Trinajstić information content (AvgIpc) is 2.51. The normalized spacial score (nSPS) is 16.7. The predicted octanol–water partition coefficient (Wildman–Crippen LogP) is 3.63. The van der Waals surface area contributed by atoms with E-state index in [0.717, 1.165) is 3.93 Å². The van der Waals surface area contributed by atoms with E-state index in [-0.39, 0.29) is 0 Å². The van der Waals surface area contributed by atoms with Gasteiger partial charge in [-0.3, -0.25) is 0 Å². The van der Waals surface area contributed by atoms with Crippen molar-refractivity contribution in [2.24, 2.45) is 0 Å². The minimum atomic E-state index is -1.70. The summed E-state index contributed by atoms with van der Waals surface area (Å²) in [5, 5.41) is 0. The van der Waals surface area contributed by atoms with Gasteiger partial charge in [-0.2, -0.15) is 0 Å². The topological polar surface area (TPSA) is 0 Å². The third-order valence-corrected chi connectivity index (χ3v) is 13.6. The van der Waals surface area contributed by atoms with E-state index >= 15 is 0 Å². The van der Waals surface area contributed by atoms with Crippen LogP contribution in [0.5, 0.6) is 0 Å². The molecule has 0 N–H and O–H groups in total. The zero-order valence-electron chi connectivity index (χ0n) is 11.4. The third-order valence-electron chi connectivity index (χ3n) is 4.18. The second-order valence-corrected chi connectivity index (χ2v) is 13.5. The molecule has 1 aliphatic rings. The van der Waals surface area contributed by atoms with Crippen LogP contribution in [0.1, 0.15) is 32.1 Å². The quantitative estimate of drug-likeness (QED) is 0.737. The van der Waals surface area contributed by atoms with Crippen molar-refractivity contribution < 1.29 is 0 Å². The summed E-state index contributed by atoms with van der Waals surface area (Å²) in [6.45, 7) is 0. The first-order valence-corrected chi connectivity index (χ1v) is 11.9. The Bertz CT molecular complexity index is 446. The first kappa shape index (κ1) is 13.2. The Labute approximate surface area is 123 Å². The summed E-state index contributed by atoms with van der Waals surface area (Å²) < 4.78 is 4.38. The van der Waals surface area contributed by atoms with Crippen LogP contribution in [0.4, 0.5) is 0 Å². The van der Waals surface area contributed by atoms with Crippen molar-refractivity contribution in [3.8, 4) is 0 Å². The third kappa shape index (κ3) is 3.22. The molecule has 2 aromatic carbocycles. The molecule has 0 unspecified atom stereocenters. The van der Waals surface area contributed by atoms with E-state index in [9.17, 15) is 0 Å². The molecule has 0 aromatic heterocycles. The first-order valence-electron chi connectivity index (χ1n) is 7.43. The molecule has 19 heavy (non-hydrogen) atoms. The zero-order chi connectivity index (χ0) is 12.9. The number of rotatable bonds is 3. The summed E-state index contributed by atoms with van der Waals surface area (Å²) in [6.07, 6.45) is 7.30. The van der Waals surface area contributed by atoms with Gasteiger partial charge in [-0.25, -0.2) is 0 Å². The van der Waals surface area contributed by atoms with Gasteiger partial charge in [0, 0.05) is 0 Å². The molecule has 0 aliphatic heterocycles. The van der Waals surface area contributed by atoms with Crippen LogP contribution in [0.15, 0.2) is 60.7 Å². The van der Waals surface area contributed by atoms with E-state index in [1.54, 1.807) is 7.16 Å². The van der Waals surface area contributed by atoms with Crippen molar-refractivity contribution in [2.75, 3.05) is 0 Å². The van der Waals surface area contributed by atoms with Gasteiger partial charge in [0.15, 0.2) is 0 Å². The van der Waals surface area contributed by atoms with Gasteiger partial charge in [0.25, 0.3) is 0 Å². The standard InChI is InChI=1S/C6H11.2C6H5.Sn/c3*1-2-4-6-5-3-1;/h1H,2-6H2;2*1-5H;. The molecule has 0 saturated heterocycles. The van der Waals surface area contributed by atoms with Gasteiger partial charge in [0.1, 0.15) is 0 Å². The minimum absolute atomic E-state index is 1.01. The Kier molecular flexibility index (Phi) is 4.60. The molecule has 1 saturated carbocycles. The van der Waals surface area contributed by atoms with Crippen molar-refractivity contribution in [3.63, 3.8) is 0 Å². The molecule has 0 atom stereocenters. The van der Waals surface area contributed by atoms with Gasteiger partial charge in [-0.1, -0.05) is 0 Å². The molecule has 1 heteroatoms. The molecule has 1 aliphatic carbocycles. The molecule has 2 aromatic rings. The molecule has 1 fully saturated rings. The van der Waals surface area contributed by atoms with E-state index in [4.69, 9.17) is 0 Å². The van der Waals surface area contributed by atoms with Crippen molar-refractivity contribution in [2.45, 2.75) is 36.0 Å². The van der Waals surface area contributed by atoms with Crippen molar-refractivity contribution in [1.29, 1.82) is 0 Å². The van der Waals surface area contributed by atoms with E-state index in [1.807, 2.05) is 0 Å². The van der Waals surface area contributed by atoms with Crippen LogP contribution in [-0.2, 0) is 0 Å². The monoisotopic (exact) mass is 357 g/mol. The molecule has 1 radical (unpaired) electrons. The van der Waals surface area contributed by atoms with Gasteiger partial charge in [0.05, 0.1) is 0 Å². The van der Waals surface area contributed by atoms with Gasteiger partial charge < -0.3 is 0 Å². The first-order chi connectivity index (χ1) is 9.45. The summed E-state index contributed by atoms with van der Waals surface area (Å²) in [5.41, 5.74) is 0. The molecule has 0 amide bonds. The Morgan fingerprint density at radius 2 is 1.11 bits per heavy atom. The SMILES string of the molecule is c1cc[c]([Sn]([c]2ccccc2)[CH]2CCCCC2)cc1. The van der Waals surface area contributed by atoms with E-state index in [1.165, 1.54) is 32.1 Å². The van der Waals surface area contributed by atoms with E-state index < -0.39 is 19.8 Å². The van der Waals surface area contributed by atoms with Crippen LogP contribution in [0.3, 0.4) is 0 Å². The summed E-state index contributed by atoms with van der Waals surface area (Å²) in [5.74, 6) is 0. The average molecular weight is 356 g/mol. The van der Waals surface area contributed by atoms with E-state index in [2.05, 4.69) is 60.7 Å². The molecular formula is C18H21Sn. The van der Waals surface area contributed by atoms with Gasteiger partial charge in [-0.15, -0.1) is 0 Å². The molecule has 97 valence electrons. The van der Waals surface area contributed by atoms with Crippen molar-refractivity contribution >= 4 is 26.9 Å². The maximum absolute atomic E-state index is 2.39. The molecule has 0 spiro atoms. The number of benzene rings is 2. The van der Waals surface area contributed by atoms with Crippen molar-refractivity contribution in [3.05, 3.63) is 60.7 Å². The Morgan fingerprint density at radius 1 is 0.632 bits per heavy atom. The Hall–Kier alpha value is -0.761. The van der Waals surface area contributed by atoms with Gasteiger partial charge in [-0.05, 0) is 0 Å². The fourth-order valence-electron chi connectivity index (χ4n) is 3.26. The summed E-state index contributed by atoms with van der Waals surface area (Å²) in [4.78, 5) is 0. The van der Waals surface area contributed by atoms with Crippen LogP contribution in [0.2, 0.25) is 3.93 Å². The van der Waals surface area contributed by atoms with Crippen LogP contribution in [-0.4, -0.2) is 19.8 Å². The second-order valence-electron chi connectivity index (χ2n) is 5.48. The van der Waals surface area contributed by atoms with Crippen LogP contribution in [0, 0.1) is 0 Å². The maximum atomic E-state index is 2.39. The van der Waals surface area contributed by atoms with Gasteiger partial charge >= 0.3 is 124 Å². The Morgan fingerprint density at radius 3 is 1.58 bits per heavy atom. The molecule has 0 bridgehead atoms. The second kappa shape index (κ2) is 6.60. The fourth-order valence-corrected chi connectivity index (χ4v) is 12.9. The number of hydrogen-bond donors (Lipinski definition) is 0. The summed E-state index contributed by atoms with van der Waals surface area (Å²) >= 11 is -1.70. The molecular weight excluding hydrogens is 335 g/mol. The van der Waals surface area contributed by atoms with Crippen LogP contribution >= 0.6 is 0 Å². The Balaban J connectivity index is 1.96. The number of hydrogen-bond acceptors (Lipinski definition) is 0. The van der Waals surface area contributed by atoms with Crippen molar-refractivity contribution in [1.82, 2.24) is 0 Å². The zero-order valence-corrected chi connectivity index (χ0v) is 14.2. The van der Waals surface area contributed by atoms with Crippen LogP contribution < -0.4 is 7.16 Å². The summed E-state index contributed by atoms with van der Waals surface area (Å²) in [7, 11) is 0. The van der Waals surface area contributed by atoms with Gasteiger partial charge in [0.2, 0.25) is 0 Å². The summed E-state index contributed by atoms with van der Waals surface area (Å²) in [6, 6.07) is 22.7. The molecule has 0 heterocycles. The predicted molar refractivity (Wildman–Crippen MR) is 84.7 cm³/mol. The molecule has 0 nitrogen and oxygen atoms in total. The fraction of sp³-hybridized carbons (Fsp3) is 0.333. The molecule has 3 rings (SSSR count). The van der Waals surface area contributed by atoms with Crippen LogP contribution in [0.25, 0.3) is 0 Å².